The number of aliphatic hydroxyl groups excluding tert-OH is 1. The molecule has 4 heteroatoms. The number of hydrogen-bond donors (Lipinski definition) is 2. The minimum Gasteiger partial charge on any atom is -0.481 e. The normalized spacial score (nSPS) is 24.1. The Balaban J connectivity index is 0.000000541. The van der Waals surface area contributed by atoms with Gasteiger partial charge in [-0.15, -0.1) is 0 Å². The average molecular weight is 323 g/mol. The van der Waals surface area contributed by atoms with Crippen molar-refractivity contribution in [2.24, 2.45) is 5.41 Å². The van der Waals surface area contributed by atoms with Crippen LogP contribution in [-0.4, -0.2) is 30.4 Å². The highest BCUT2D eigenvalue weighted by molar-refractivity contribution is 6.91. The van der Waals surface area contributed by atoms with Crippen molar-refractivity contribution in [1.82, 2.24) is 0 Å². The van der Waals surface area contributed by atoms with E-state index in [9.17, 15) is 5.11 Å². The van der Waals surface area contributed by atoms with Gasteiger partial charge in [-0.3, -0.25) is 4.79 Å². The Morgan fingerprint density at radius 1 is 1.23 bits per heavy atom. The minimum absolute atomic E-state index is 0.0847. The van der Waals surface area contributed by atoms with E-state index in [4.69, 9.17) is 9.90 Å². The third-order valence-electron chi connectivity index (χ3n) is 4.96. The van der Waals surface area contributed by atoms with Gasteiger partial charge in [-0.25, -0.2) is 0 Å². The van der Waals surface area contributed by atoms with Crippen LogP contribution in [0.15, 0.2) is 30.3 Å². The summed E-state index contributed by atoms with van der Waals surface area (Å²) >= 11 is 0. The molecule has 0 radical (unpaired) electrons. The SMILES string of the molecule is CC(=O)O.CC1(C)CC[C@@H](O)C[C@H]1[Si](C)(C)c1ccccc1. The number of carbonyl (C=O) groups is 1. The van der Waals surface area contributed by atoms with Crippen molar-refractivity contribution < 1.29 is 15.0 Å². The van der Waals surface area contributed by atoms with Gasteiger partial charge >= 0.3 is 0 Å². The molecule has 1 aromatic carbocycles. The number of aliphatic carboxylic acids is 1. The lowest BCUT2D eigenvalue weighted by atomic mass is 9.76. The third kappa shape index (κ3) is 4.95. The van der Waals surface area contributed by atoms with Gasteiger partial charge in [-0.2, -0.15) is 0 Å². The Kier molecular flexibility index (Phi) is 6.38. The van der Waals surface area contributed by atoms with E-state index in [-0.39, 0.29) is 6.10 Å². The summed E-state index contributed by atoms with van der Waals surface area (Å²) in [6.45, 7) is 10.8. The lowest BCUT2D eigenvalue weighted by Gasteiger charge is -2.48. The molecule has 2 atom stereocenters. The summed E-state index contributed by atoms with van der Waals surface area (Å²) < 4.78 is 0. The van der Waals surface area contributed by atoms with Gasteiger partial charge in [-0.1, -0.05) is 62.5 Å². The van der Waals surface area contributed by atoms with Gasteiger partial charge in [0.15, 0.2) is 0 Å². The first-order valence-electron chi connectivity index (χ1n) is 8.00. The first-order chi connectivity index (χ1) is 10.1. The second-order valence-electron chi connectivity index (χ2n) is 7.58. The van der Waals surface area contributed by atoms with Gasteiger partial charge in [0.05, 0.1) is 14.2 Å². The van der Waals surface area contributed by atoms with Gasteiger partial charge in [0.25, 0.3) is 5.97 Å². The summed E-state index contributed by atoms with van der Waals surface area (Å²) in [6.07, 6.45) is 3.03. The maximum atomic E-state index is 10.0. The molecule has 1 fully saturated rings. The molecule has 0 saturated heterocycles. The Morgan fingerprint density at radius 2 is 1.73 bits per heavy atom. The first-order valence-corrected chi connectivity index (χ1v) is 11.1. The molecule has 2 rings (SSSR count). The van der Waals surface area contributed by atoms with Crippen molar-refractivity contribution in [3.05, 3.63) is 30.3 Å². The van der Waals surface area contributed by atoms with E-state index in [0.29, 0.717) is 11.0 Å². The highest BCUT2D eigenvalue weighted by atomic mass is 28.3. The van der Waals surface area contributed by atoms with Crippen molar-refractivity contribution in [2.75, 3.05) is 0 Å². The number of carboxylic acid groups (broad SMARTS) is 1. The maximum absolute atomic E-state index is 10.0. The smallest absolute Gasteiger partial charge is 0.300 e. The van der Waals surface area contributed by atoms with Crippen molar-refractivity contribution >= 4 is 19.2 Å². The summed E-state index contributed by atoms with van der Waals surface area (Å²) in [5.41, 5.74) is 1.03. The second-order valence-corrected chi connectivity index (χ2v) is 12.3. The Labute approximate surface area is 135 Å². The second kappa shape index (κ2) is 7.42. The molecule has 124 valence electrons. The summed E-state index contributed by atoms with van der Waals surface area (Å²) in [6, 6.07) is 11.0. The molecule has 0 unspecified atom stereocenters. The van der Waals surface area contributed by atoms with Gasteiger partial charge in [0, 0.05) is 6.92 Å². The molecule has 0 aromatic heterocycles. The molecule has 1 aliphatic rings. The van der Waals surface area contributed by atoms with Gasteiger partial charge < -0.3 is 10.2 Å². The number of rotatable bonds is 2. The summed E-state index contributed by atoms with van der Waals surface area (Å²) in [5.74, 6) is -0.833. The van der Waals surface area contributed by atoms with Crippen molar-refractivity contribution in [2.45, 2.75) is 64.8 Å². The van der Waals surface area contributed by atoms with Crippen molar-refractivity contribution in [1.29, 1.82) is 0 Å². The topological polar surface area (TPSA) is 57.5 Å². The number of aliphatic hydroxyl groups is 1. The standard InChI is InChI=1S/C16H26OSi.C2H4O2/c1-16(2)11-10-13(17)12-15(16)18(3,4)14-8-6-5-7-9-14;1-2(3)4/h5-9,13,15,17H,10-12H2,1-4H3;1H3,(H,3,4)/t13-,15-;/m1./s1. The van der Waals surface area contributed by atoms with Crippen LogP contribution in [0.1, 0.15) is 40.0 Å². The maximum Gasteiger partial charge on any atom is 0.300 e. The highest BCUT2D eigenvalue weighted by Gasteiger charge is 2.46. The van der Waals surface area contributed by atoms with E-state index in [1.165, 1.54) is 5.19 Å². The monoisotopic (exact) mass is 322 g/mol. The molecule has 1 aliphatic carbocycles. The lowest BCUT2D eigenvalue weighted by Crippen LogP contribution is -2.53. The largest absolute Gasteiger partial charge is 0.481 e. The highest BCUT2D eigenvalue weighted by Crippen LogP contribution is 2.49. The summed E-state index contributed by atoms with van der Waals surface area (Å²) in [7, 11) is -1.52. The lowest BCUT2D eigenvalue weighted by molar-refractivity contribution is -0.134. The Bertz CT molecular complexity index is 478. The molecule has 1 aromatic rings. The zero-order valence-electron chi connectivity index (χ0n) is 14.5. The van der Waals surface area contributed by atoms with E-state index < -0.39 is 14.0 Å². The minimum atomic E-state index is -1.52. The van der Waals surface area contributed by atoms with E-state index in [2.05, 4.69) is 57.3 Å². The van der Waals surface area contributed by atoms with Crippen LogP contribution >= 0.6 is 0 Å². The predicted octanol–water partition coefficient (Wildman–Crippen LogP) is 3.63. The number of benzene rings is 1. The fourth-order valence-electron chi connectivity index (χ4n) is 3.76. The molecular weight excluding hydrogens is 292 g/mol. The van der Waals surface area contributed by atoms with Crippen molar-refractivity contribution in [3.8, 4) is 0 Å². The van der Waals surface area contributed by atoms with Crippen LogP contribution in [0.25, 0.3) is 0 Å². The quantitative estimate of drug-likeness (QED) is 0.817. The van der Waals surface area contributed by atoms with Crippen LogP contribution in [0.3, 0.4) is 0 Å². The zero-order chi connectivity index (χ0) is 17.0. The van der Waals surface area contributed by atoms with E-state index in [1.807, 2.05) is 0 Å². The molecule has 3 nitrogen and oxygen atoms in total. The first kappa shape index (κ1) is 18.9. The predicted molar refractivity (Wildman–Crippen MR) is 94.3 cm³/mol. The molecule has 22 heavy (non-hydrogen) atoms. The molecule has 1 saturated carbocycles. The molecule has 0 amide bonds. The van der Waals surface area contributed by atoms with Gasteiger partial charge in [0.2, 0.25) is 0 Å². The van der Waals surface area contributed by atoms with Crippen LogP contribution < -0.4 is 5.19 Å². The fourth-order valence-corrected chi connectivity index (χ4v) is 8.18. The van der Waals surface area contributed by atoms with Crippen LogP contribution in [0, 0.1) is 5.41 Å². The Morgan fingerprint density at radius 3 is 2.23 bits per heavy atom. The molecule has 0 aliphatic heterocycles. The molecule has 0 bridgehead atoms. The van der Waals surface area contributed by atoms with Crippen LogP contribution in [0.5, 0.6) is 0 Å². The Hall–Kier alpha value is -1.13. The third-order valence-corrected chi connectivity index (χ3v) is 9.54. The van der Waals surface area contributed by atoms with Crippen LogP contribution in [-0.2, 0) is 4.79 Å². The number of carboxylic acids is 1. The molecule has 0 spiro atoms. The van der Waals surface area contributed by atoms with Gasteiger partial charge in [-0.05, 0) is 30.2 Å². The molecule has 0 heterocycles. The fraction of sp³-hybridized carbons (Fsp3) is 0.611. The van der Waals surface area contributed by atoms with Crippen LogP contribution in [0.4, 0.5) is 0 Å². The molecule has 2 N–H and O–H groups in total. The van der Waals surface area contributed by atoms with Crippen molar-refractivity contribution in [3.63, 3.8) is 0 Å². The summed E-state index contributed by atoms with van der Waals surface area (Å²) in [4.78, 5) is 9.00. The number of hydrogen-bond acceptors (Lipinski definition) is 2. The van der Waals surface area contributed by atoms with E-state index >= 15 is 0 Å². The van der Waals surface area contributed by atoms with E-state index in [0.717, 1.165) is 26.2 Å². The average Bonchev–Trinajstić information content (AvgIpc) is 2.42. The molecular formula is C18H30O3Si. The van der Waals surface area contributed by atoms with Gasteiger partial charge in [0.1, 0.15) is 0 Å². The summed E-state index contributed by atoms with van der Waals surface area (Å²) in [5, 5.41) is 19.0. The van der Waals surface area contributed by atoms with E-state index in [1.54, 1.807) is 0 Å². The zero-order valence-corrected chi connectivity index (χ0v) is 15.5. The van der Waals surface area contributed by atoms with Crippen LogP contribution in [0.2, 0.25) is 18.6 Å².